The van der Waals surface area contributed by atoms with Gasteiger partial charge in [0.25, 0.3) is 0 Å². The molecule has 338 valence electrons. The van der Waals surface area contributed by atoms with E-state index in [0.29, 0.717) is 45.5 Å². The molecule has 11 aromatic rings. The smallest absolute Gasteiger partial charge is 0.416 e. The molecular formula is C58H42F6N2O2. The van der Waals surface area contributed by atoms with Crippen LogP contribution in [0.3, 0.4) is 0 Å². The lowest BCUT2D eigenvalue weighted by molar-refractivity contribution is -0.138. The highest BCUT2D eigenvalue weighted by atomic mass is 19.4. The van der Waals surface area contributed by atoms with Crippen molar-refractivity contribution in [1.29, 1.82) is 0 Å². The summed E-state index contributed by atoms with van der Waals surface area (Å²) in [6, 6.07) is 50.9. The highest BCUT2D eigenvalue weighted by Gasteiger charge is 2.31. The zero-order valence-corrected chi connectivity index (χ0v) is 37.3. The topological polar surface area (TPSA) is 32.8 Å². The molecule has 10 heteroatoms. The predicted octanol–water partition coefficient (Wildman–Crippen LogP) is 19.0. The van der Waals surface area contributed by atoms with E-state index in [9.17, 15) is 26.3 Å². The van der Waals surface area contributed by atoms with E-state index in [1.165, 1.54) is 24.3 Å². The molecule has 2 heterocycles. The number of fused-ring (bicyclic) bond motifs is 8. The monoisotopic (exact) mass is 912 g/mol. The van der Waals surface area contributed by atoms with Gasteiger partial charge in [-0.1, -0.05) is 64.1 Å². The number of hydrogen-bond donors (Lipinski definition) is 0. The summed E-state index contributed by atoms with van der Waals surface area (Å²) in [5.74, 6) is 0.631. The minimum atomic E-state index is -4.45. The molecule has 0 bridgehead atoms. The molecule has 0 aliphatic heterocycles. The number of benzene rings is 9. The molecule has 0 atom stereocenters. The van der Waals surface area contributed by atoms with Gasteiger partial charge in [0.2, 0.25) is 0 Å². The van der Waals surface area contributed by atoms with Gasteiger partial charge in [-0.25, -0.2) is 0 Å². The number of furan rings is 2. The van der Waals surface area contributed by atoms with Gasteiger partial charge in [0.1, 0.15) is 22.3 Å². The lowest BCUT2D eigenvalue weighted by atomic mass is 10.0. The lowest BCUT2D eigenvalue weighted by Gasteiger charge is -2.26. The maximum Gasteiger partial charge on any atom is 0.416 e. The molecule has 0 unspecified atom stereocenters. The van der Waals surface area contributed by atoms with Crippen molar-refractivity contribution in [2.75, 3.05) is 9.80 Å². The fourth-order valence-corrected chi connectivity index (χ4v) is 9.29. The van der Waals surface area contributed by atoms with E-state index in [4.69, 9.17) is 8.83 Å². The first-order valence-corrected chi connectivity index (χ1v) is 22.4. The summed E-state index contributed by atoms with van der Waals surface area (Å²) in [6.45, 7) is 8.46. The zero-order chi connectivity index (χ0) is 47.2. The molecule has 0 aliphatic rings. The van der Waals surface area contributed by atoms with Gasteiger partial charge >= 0.3 is 12.4 Å². The van der Waals surface area contributed by atoms with Crippen LogP contribution in [-0.2, 0) is 12.4 Å². The van der Waals surface area contributed by atoms with Crippen LogP contribution in [0, 0.1) is 0 Å². The minimum Gasteiger partial charge on any atom is -0.456 e. The lowest BCUT2D eigenvalue weighted by Crippen LogP contribution is -2.11. The van der Waals surface area contributed by atoms with E-state index in [1.807, 2.05) is 113 Å². The Morgan fingerprint density at radius 3 is 0.971 bits per heavy atom. The van der Waals surface area contributed by atoms with Crippen LogP contribution in [0.2, 0.25) is 0 Å². The van der Waals surface area contributed by atoms with E-state index in [2.05, 4.69) is 45.9 Å². The Kier molecular flexibility index (Phi) is 10.1. The SMILES string of the molecule is CC(C)c1ccc(N(c2ccc(C(F)(F)F)cc2)c2ccc3cc4c(cc3c2)oc2cc3oc5cc6cc(N(c7ccc(C(C)C)cc7)c7ccc(C(F)(F)F)cc7)ccc6cc5c3cc24)cc1. The van der Waals surface area contributed by atoms with Crippen molar-refractivity contribution < 1.29 is 35.2 Å². The van der Waals surface area contributed by atoms with Crippen molar-refractivity contribution in [1.82, 2.24) is 0 Å². The molecule has 0 radical (unpaired) electrons. The highest BCUT2D eigenvalue weighted by Crippen LogP contribution is 2.44. The minimum absolute atomic E-state index is 0.316. The molecule has 68 heavy (non-hydrogen) atoms. The van der Waals surface area contributed by atoms with Crippen LogP contribution in [0.25, 0.3) is 65.4 Å². The summed E-state index contributed by atoms with van der Waals surface area (Å²) in [5, 5.41) is 7.42. The van der Waals surface area contributed by atoms with Crippen LogP contribution in [0.5, 0.6) is 0 Å². The molecular weight excluding hydrogens is 871 g/mol. The van der Waals surface area contributed by atoms with E-state index in [1.54, 1.807) is 0 Å². The van der Waals surface area contributed by atoms with Gasteiger partial charge in [-0.2, -0.15) is 26.3 Å². The van der Waals surface area contributed by atoms with Gasteiger partial charge in [-0.05, 0) is 172 Å². The standard InChI is InChI=1S/C58H42F6N2O2/c1-33(2)35-5-15-43(16-6-35)65(45-21-11-41(12-22-45)57(59,60)61)47-19-9-37-27-49-51-31-52-50-28-38-10-20-48(26-40(38)30-54(50)68-56(52)32-55(51)67-53(49)29-39(37)25-47)66(44-17-7-36(8-18-44)34(3)4)46-23-13-42(14-24-46)58(62,63)64/h5-34H,1-4H3. The van der Waals surface area contributed by atoms with E-state index in [0.717, 1.165) is 101 Å². The summed E-state index contributed by atoms with van der Waals surface area (Å²) in [5.41, 5.74) is 7.92. The van der Waals surface area contributed by atoms with Gasteiger partial charge in [-0.15, -0.1) is 0 Å². The van der Waals surface area contributed by atoms with Crippen LogP contribution >= 0.6 is 0 Å². The van der Waals surface area contributed by atoms with Crippen LogP contribution in [-0.4, -0.2) is 0 Å². The summed E-state index contributed by atoms with van der Waals surface area (Å²) < 4.78 is 94.5. The van der Waals surface area contributed by atoms with E-state index >= 15 is 0 Å². The molecule has 0 saturated carbocycles. The third kappa shape index (κ3) is 7.63. The van der Waals surface area contributed by atoms with Gasteiger partial charge in [0, 0.05) is 61.7 Å². The first kappa shape index (κ1) is 42.9. The van der Waals surface area contributed by atoms with Crippen LogP contribution in [0.4, 0.5) is 60.5 Å². The van der Waals surface area contributed by atoms with Crippen molar-refractivity contribution in [3.05, 3.63) is 192 Å². The van der Waals surface area contributed by atoms with Crippen molar-refractivity contribution >= 4 is 99.5 Å². The molecule has 0 spiro atoms. The average molecular weight is 913 g/mol. The maximum atomic E-state index is 13.6. The number of alkyl halides is 6. The molecule has 0 aliphatic carbocycles. The molecule has 2 aromatic heterocycles. The Morgan fingerprint density at radius 1 is 0.324 bits per heavy atom. The molecule has 11 rings (SSSR count). The second-order valence-electron chi connectivity index (χ2n) is 18.1. The Labute approximate surface area is 387 Å². The Morgan fingerprint density at radius 2 is 0.632 bits per heavy atom. The molecule has 0 amide bonds. The van der Waals surface area contributed by atoms with Crippen LogP contribution in [0.1, 0.15) is 61.8 Å². The number of hydrogen-bond acceptors (Lipinski definition) is 4. The van der Waals surface area contributed by atoms with Crippen molar-refractivity contribution in [3.63, 3.8) is 0 Å². The largest absolute Gasteiger partial charge is 0.456 e. The zero-order valence-electron chi connectivity index (χ0n) is 37.3. The fourth-order valence-electron chi connectivity index (χ4n) is 9.29. The van der Waals surface area contributed by atoms with E-state index < -0.39 is 23.5 Å². The number of nitrogens with zero attached hydrogens (tertiary/aromatic N) is 2. The third-order valence-electron chi connectivity index (χ3n) is 13.0. The highest BCUT2D eigenvalue weighted by molar-refractivity contribution is 6.18. The molecule has 0 saturated heterocycles. The van der Waals surface area contributed by atoms with Crippen molar-refractivity contribution in [2.45, 2.75) is 51.9 Å². The van der Waals surface area contributed by atoms with Crippen LogP contribution in [0.15, 0.2) is 179 Å². The van der Waals surface area contributed by atoms with Gasteiger partial charge in [-0.3, -0.25) is 0 Å². The molecule has 0 N–H and O–H groups in total. The summed E-state index contributed by atoms with van der Waals surface area (Å²) in [7, 11) is 0. The van der Waals surface area contributed by atoms with Gasteiger partial charge < -0.3 is 18.6 Å². The average Bonchev–Trinajstić information content (AvgIpc) is 3.84. The number of anilines is 6. The van der Waals surface area contributed by atoms with Gasteiger partial charge in [0.15, 0.2) is 0 Å². The normalized spacial score (nSPS) is 12.5. The summed E-state index contributed by atoms with van der Waals surface area (Å²) >= 11 is 0. The fraction of sp³-hybridized carbons (Fsp3) is 0.138. The quantitative estimate of drug-likeness (QED) is 0.142. The molecule has 4 nitrogen and oxygen atoms in total. The van der Waals surface area contributed by atoms with Crippen molar-refractivity contribution in [2.24, 2.45) is 0 Å². The molecule has 0 fully saturated rings. The number of halogens is 6. The Balaban J connectivity index is 0.972. The Bertz CT molecular complexity index is 3460. The third-order valence-corrected chi connectivity index (χ3v) is 13.0. The first-order valence-electron chi connectivity index (χ1n) is 22.4. The van der Waals surface area contributed by atoms with E-state index in [-0.39, 0.29) is 0 Å². The van der Waals surface area contributed by atoms with Gasteiger partial charge in [0.05, 0.1) is 11.1 Å². The second-order valence-corrected chi connectivity index (χ2v) is 18.1. The predicted molar refractivity (Wildman–Crippen MR) is 264 cm³/mol. The van der Waals surface area contributed by atoms with Crippen LogP contribution < -0.4 is 9.80 Å². The molecule has 9 aromatic carbocycles. The second kappa shape index (κ2) is 16.0. The summed E-state index contributed by atoms with van der Waals surface area (Å²) in [6.07, 6.45) is -8.90. The van der Waals surface area contributed by atoms with Crippen molar-refractivity contribution in [3.8, 4) is 0 Å². The summed E-state index contributed by atoms with van der Waals surface area (Å²) in [4.78, 5) is 3.91. The first-order chi connectivity index (χ1) is 32.6. The Hall–Kier alpha value is -7.72. The number of rotatable bonds is 8. The maximum absolute atomic E-state index is 13.6.